The Balaban J connectivity index is 1.89. The van der Waals surface area contributed by atoms with Gasteiger partial charge in [0.05, 0.1) is 6.04 Å². The van der Waals surface area contributed by atoms with Gasteiger partial charge in [-0.05, 0) is 50.6 Å². The van der Waals surface area contributed by atoms with Crippen LogP contribution in [0.4, 0.5) is 0 Å². The van der Waals surface area contributed by atoms with E-state index in [9.17, 15) is 4.79 Å². The molecule has 92 valence electrons. The van der Waals surface area contributed by atoms with Crippen molar-refractivity contribution in [1.82, 2.24) is 15.6 Å². The third-order valence-electron chi connectivity index (χ3n) is 3.27. The summed E-state index contributed by atoms with van der Waals surface area (Å²) in [6.07, 6.45) is 5.38. The van der Waals surface area contributed by atoms with Gasteiger partial charge in [0, 0.05) is 18.3 Å². The van der Waals surface area contributed by atoms with Gasteiger partial charge < -0.3 is 10.6 Å². The fourth-order valence-corrected chi connectivity index (χ4v) is 2.15. The molecule has 0 radical (unpaired) electrons. The molecule has 1 saturated heterocycles. The molecular weight excluding hydrogens is 214 g/mol. The second-order valence-corrected chi connectivity index (χ2v) is 4.54. The largest absolute Gasteiger partial charge is 0.349 e. The van der Waals surface area contributed by atoms with Crippen molar-refractivity contribution in [3.63, 3.8) is 0 Å². The molecule has 1 amide bonds. The number of amides is 1. The van der Waals surface area contributed by atoms with E-state index in [0.29, 0.717) is 0 Å². The zero-order valence-electron chi connectivity index (χ0n) is 10.1. The summed E-state index contributed by atoms with van der Waals surface area (Å²) in [4.78, 5) is 16.0. The molecule has 17 heavy (non-hydrogen) atoms. The Hall–Kier alpha value is -1.42. The first-order chi connectivity index (χ1) is 8.27. The van der Waals surface area contributed by atoms with Gasteiger partial charge in [0.25, 0.3) is 0 Å². The lowest BCUT2D eigenvalue weighted by molar-refractivity contribution is -0.126. The van der Waals surface area contributed by atoms with Gasteiger partial charge in [0.15, 0.2) is 0 Å². The normalized spacial score (nSPS) is 18.6. The molecule has 1 aromatic heterocycles. The molecule has 0 unspecified atom stereocenters. The summed E-state index contributed by atoms with van der Waals surface area (Å²) in [7, 11) is 0. The van der Waals surface area contributed by atoms with Gasteiger partial charge in [-0.25, -0.2) is 0 Å². The highest BCUT2D eigenvalue weighted by atomic mass is 16.1. The van der Waals surface area contributed by atoms with E-state index in [1.807, 2.05) is 19.1 Å². The number of carbonyl (C=O) groups excluding carboxylic acids is 1. The van der Waals surface area contributed by atoms with Gasteiger partial charge in [-0.1, -0.05) is 0 Å². The van der Waals surface area contributed by atoms with Gasteiger partial charge in [0.1, 0.15) is 0 Å². The Bertz CT molecular complexity index is 360. The highest BCUT2D eigenvalue weighted by Gasteiger charge is 2.22. The van der Waals surface area contributed by atoms with Crippen LogP contribution in [-0.2, 0) is 4.79 Å². The van der Waals surface area contributed by atoms with Crippen molar-refractivity contribution in [3.8, 4) is 0 Å². The number of hydrogen-bond acceptors (Lipinski definition) is 3. The van der Waals surface area contributed by atoms with Crippen LogP contribution in [-0.4, -0.2) is 24.0 Å². The number of piperidine rings is 1. The molecule has 0 saturated carbocycles. The molecule has 4 heteroatoms. The molecule has 0 spiro atoms. The van der Waals surface area contributed by atoms with Crippen LogP contribution >= 0.6 is 0 Å². The Morgan fingerprint density at radius 3 is 2.71 bits per heavy atom. The molecule has 0 aromatic carbocycles. The molecule has 1 aromatic rings. The van der Waals surface area contributed by atoms with Crippen molar-refractivity contribution in [1.29, 1.82) is 0 Å². The molecule has 2 rings (SSSR count). The number of carbonyl (C=O) groups is 1. The first kappa shape index (κ1) is 12.0. The molecule has 4 nitrogen and oxygen atoms in total. The van der Waals surface area contributed by atoms with Crippen LogP contribution in [0.15, 0.2) is 24.5 Å². The molecule has 1 aliphatic rings. The highest BCUT2D eigenvalue weighted by Crippen LogP contribution is 2.15. The lowest BCUT2D eigenvalue weighted by atomic mass is 9.96. The molecule has 1 fully saturated rings. The monoisotopic (exact) mass is 233 g/mol. The van der Waals surface area contributed by atoms with Crippen LogP contribution in [0, 0.1) is 5.92 Å². The third kappa shape index (κ3) is 3.27. The van der Waals surface area contributed by atoms with E-state index in [1.54, 1.807) is 12.4 Å². The topological polar surface area (TPSA) is 54.0 Å². The fourth-order valence-electron chi connectivity index (χ4n) is 2.15. The van der Waals surface area contributed by atoms with Crippen molar-refractivity contribution >= 4 is 5.91 Å². The minimum atomic E-state index is 0.0559. The minimum absolute atomic E-state index is 0.0559. The van der Waals surface area contributed by atoms with Crippen molar-refractivity contribution in [3.05, 3.63) is 30.1 Å². The van der Waals surface area contributed by atoms with Gasteiger partial charge in [0.2, 0.25) is 5.91 Å². The Morgan fingerprint density at radius 2 is 2.06 bits per heavy atom. The predicted molar refractivity (Wildman–Crippen MR) is 66.4 cm³/mol. The van der Waals surface area contributed by atoms with Crippen molar-refractivity contribution in [2.24, 2.45) is 5.92 Å². The summed E-state index contributed by atoms with van der Waals surface area (Å²) in [5.74, 6) is 0.344. The summed E-state index contributed by atoms with van der Waals surface area (Å²) in [6.45, 7) is 3.90. The van der Waals surface area contributed by atoms with Crippen LogP contribution in [0.25, 0.3) is 0 Å². The summed E-state index contributed by atoms with van der Waals surface area (Å²) in [5.41, 5.74) is 1.10. The van der Waals surface area contributed by atoms with Crippen LogP contribution < -0.4 is 10.6 Å². The molecule has 0 aliphatic carbocycles. The number of pyridine rings is 1. The predicted octanol–water partition coefficient (Wildman–Crippen LogP) is 1.26. The number of nitrogens with zero attached hydrogens (tertiary/aromatic N) is 1. The van der Waals surface area contributed by atoms with Crippen molar-refractivity contribution in [2.75, 3.05) is 13.1 Å². The molecule has 1 aliphatic heterocycles. The first-order valence-corrected chi connectivity index (χ1v) is 6.18. The molecule has 0 bridgehead atoms. The Labute approximate surface area is 102 Å². The highest BCUT2D eigenvalue weighted by molar-refractivity contribution is 5.79. The standard InChI is InChI=1S/C13H19N3O/c1-10(11-2-6-14-7-3-11)16-13(17)12-4-8-15-9-5-12/h2-3,6-7,10,12,15H,4-5,8-9H2,1H3,(H,16,17)/t10-/m0/s1. The maximum atomic E-state index is 12.0. The minimum Gasteiger partial charge on any atom is -0.349 e. The number of aromatic nitrogens is 1. The zero-order valence-corrected chi connectivity index (χ0v) is 10.1. The lowest BCUT2D eigenvalue weighted by Crippen LogP contribution is -2.39. The maximum Gasteiger partial charge on any atom is 0.223 e. The van der Waals surface area contributed by atoms with Crippen LogP contribution in [0.5, 0.6) is 0 Å². The van der Waals surface area contributed by atoms with E-state index < -0.39 is 0 Å². The van der Waals surface area contributed by atoms with E-state index in [-0.39, 0.29) is 17.9 Å². The second-order valence-electron chi connectivity index (χ2n) is 4.54. The van der Waals surface area contributed by atoms with Gasteiger partial charge in [-0.2, -0.15) is 0 Å². The third-order valence-corrected chi connectivity index (χ3v) is 3.27. The average molecular weight is 233 g/mol. The quantitative estimate of drug-likeness (QED) is 0.826. The summed E-state index contributed by atoms with van der Waals surface area (Å²) in [5, 5.41) is 6.34. The van der Waals surface area contributed by atoms with Crippen molar-refractivity contribution < 1.29 is 4.79 Å². The van der Waals surface area contributed by atoms with E-state index in [4.69, 9.17) is 0 Å². The Morgan fingerprint density at radius 1 is 1.41 bits per heavy atom. The summed E-state index contributed by atoms with van der Waals surface area (Å²) >= 11 is 0. The van der Waals surface area contributed by atoms with Crippen molar-refractivity contribution in [2.45, 2.75) is 25.8 Å². The fraction of sp³-hybridized carbons (Fsp3) is 0.538. The Kier molecular flexibility index (Phi) is 4.09. The van der Waals surface area contributed by atoms with Crippen LogP contribution in [0.1, 0.15) is 31.4 Å². The van der Waals surface area contributed by atoms with E-state index >= 15 is 0 Å². The van der Waals surface area contributed by atoms with E-state index in [0.717, 1.165) is 31.5 Å². The second kappa shape index (κ2) is 5.77. The van der Waals surface area contributed by atoms with Gasteiger partial charge >= 0.3 is 0 Å². The number of rotatable bonds is 3. The van der Waals surface area contributed by atoms with Crippen LogP contribution in [0.2, 0.25) is 0 Å². The van der Waals surface area contributed by atoms with Gasteiger partial charge in [-0.3, -0.25) is 9.78 Å². The molecule has 1 atom stereocenters. The summed E-state index contributed by atoms with van der Waals surface area (Å²) in [6, 6.07) is 3.93. The lowest BCUT2D eigenvalue weighted by Gasteiger charge is -2.24. The van der Waals surface area contributed by atoms with E-state index in [1.165, 1.54) is 0 Å². The SMILES string of the molecule is C[C@H](NC(=O)C1CCNCC1)c1ccncc1. The molecular formula is C13H19N3O. The maximum absolute atomic E-state index is 12.0. The van der Waals surface area contributed by atoms with Crippen LogP contribution in [0.3, 0.4) is 0 Å². The average Bonchev–Trinajstić information content (AvgIpc) is 2.40. The first-order valence-electron chi connectivity index (χ1n) is 6.18. The van der Waals surface area contributed by atoms with E-state index in [2.05, 4.69) is 15.6 Å². The number of hydrogen-bond donors (Lipinski definition) is 2. The van der Waals surface area contributed by atoms with Gasteiger partial charge in [-0.15, -0.1) is 0 Å². The number of nitrogens with one attached hydrogen (secondary N) is 2. The zero-order chi connectivity index (χ0) is 12.1. The summed E-state index contributed by atoms with van der Waals surface area (Å²) < 4.78 is 0. The molecule has 2 N–H and O–H groups in total. The smallest absolute Gasteiger partial charge is 0.223 e. The molecule has 2 heterocycles.